The largest absolute Gasteiger partial charge is 0.322 e. The molecule has 33 heavy (non-hydrogen) atoms. The lowest BCUT2D eigenvalue weighted by molar-refractivity contribution is 0.102. The van der Waals surface area contributed by atoms with Crippen LogP contribution in [0.25, 0.3) is 0 Å². The van der Waals surface area contributed by atoms with E-state index in [-0.39, 0.29) is 16.1 Å². The number of sulfonamides is 2. The van der Waals surface area contributed by atoms with E-state index in [9.17, 15) is 21.6 Å². The molecule has 0 spiro atoms. The normalized spacial score (nSPS) is 11.6. The van der Waals surface area contributed by atoms with Crippen LogP contribution in [0.15, 0.2) is 65.6 Å². The van der Waals surface area contributed by atoms with Gasteiger partial charge in [0.25, 0.3) is 15.9 Å². The van der Waals surface area contributed by atoms with Crippen molar-refractivity contribution in [3.05, 3.63) is 82.9 Å². The minimum absolute atomic E-state index is 0.115. The SMILES string of the molecule is Cc1ccc(C)c(S(=O)(=O)Nc2ccccc2C(=O)Nc2ccc(C)c(NS(C)(=O)=O)c2)c1. The summed E-state index contributed by atoms with van der Waals surface area (Å²) in [7, 11) is -7.43. The second-order valence-electron chi connectivity index (χ2n) is 7.78. The van der Waals surface area contributed by atoms with Crippen LogP contribution in [0.4, 0.5) is 17.1 Å². The first-order valence-corrected chi connectivity index (χ1v) is 13.3. The molecular weight excluding hydrogens is 462 g/mol. The van der Waals surface area contributed by atoms with Crippen molar-refractivity contribution < 1.29 is 21.6 Å². The lowest BCUT2D eigenvalue weighted by atomic mass is 10.1. The van der Waals surface area contributed by atoms with Crippen molar-refractivity contribution in [2.24, 2.45) is 0 Å². The third-order valence-corrected chi connectivity index (χ3v) is 6.94. The van der Waals surface area contributed by atoms with Gasteiger partial charge in [-0.1, -0.05) is 30.3 Å². The number of carbonyl (C=O) groups is 1. The van der Waals surface area contributed by atoms with Gasteiger partial charge in [0.05, 0.1) is 28.1 Å². The molecule has 10 heteroatoms. The summed E-state index contributed by atoms with van der Waals surface area (Å²) in [5.41, 5.74) is 2.98. The Hall–Kier alpha value is -3.37. The van der Waals surface area contributed by atoms with Crippen LogP contribution in [-0.2, 0) is 20.0 Å². The zero-order valence-corrected chi connectivity index (χ0v) is 20.3. The standard InChI is InChI=1S/C23H25N3O5S2/c1-15-9-10-17(3)22(13-15)33(30,31)26-20-8-6-5-7-19(20)23(27)24-18-12-11-16(2)21(14-18)25-32(4,28)29/h5-14,25-26H,1-4H3,(H,24,27). The van der Waals surface area contributed by atoms with E-state index in [4.69, 9.17) is 0 Å². The predicted octanol–water partition coefficient (Wildman–Crippen LogP) is 4.04. The van der Waals surface area contributed by atoms with E-state index >= 15 is 0 Å². The zero-order chi connectivity index (χ0) is 24.4. The fourth-order valence-electron chi connectivity index (χ4n) is 3.17. The maximum atomic E-state index is 13.0. The molecule has 0 heterocycles. The second-order valence-corrected chi connectivity index (χ2v) is 11.2. The molecule has 3 N–H and O–H groups in total. The molecule has 0 bridgehead atoms. The molecule has 0 aliphatic rings. The molecular formula is C23H25N3O5S2. The minimum atomic E-state index is -3.93. The molecule has 0 aliphatic heterocycles. The topological polar surface area (TPSA) is 121 Å². The van der Waals surface area contributed by atoms with Gasteiger partial charge in [0.1, 0.15) is 0 Å². The van der Waals surface area contributed by atoms with E-state index in [0.29, 0.717) is 22.5 Å². The van der Waals surface area contributed by atoms with E-state index in [2.05, 4.69) is 14.8 Å². The highest BCUT2D eigenvalue weighted by Crippen LogP contribution is 2.25. The van der Waals surface area contributed by atoms with Crippen LogP contribution < -0.4 is 14.8 Å². The Morgan fingerprint density at radius 1 is 0.758 bits per heavy atom. The number of rotatable bonds is 7. The molecule has 0 unspecified atom stereocenters. The quantitative estimate of drug-likeness (QED) is 0.464. The van der Waals surface area contributed by atoms with Crippen LogP contribution in [0.3, 0.4) is 0 Å². The van der Waals surface area contributed by atoms with Crippen molar-refractivity contribution in [2.75, 3.05) is 21.0 Å². The van der Waals surface area contributed by atoms with Crippen LogP contribution in [0.1, 0.15) is 27.0 Å². The number of hydrogen-bond acceptors (Lipinski definition) is 5. The van der Waals surface area contributed by atoms with Crippen molar-refractivity contribution in [2.45, 2.75) is 25.7 Å². The van der Waals surface area contributed by atoms with Gasteiger partial charge in [-0.05, 0) is 67.8 Å². The molecule has 0 atom stereocenters. The molecule has 0 aliphatic carbocycles. The minimum Gasteiger partial charge on any atom is -0.322 e. The van der Waals surface area contributed by atoms with Gasteiger partial charge in [0, 0.05) is 5.69 Å². The number of aryl methyl sites for hydroxylation is 3. The fourth-order valence-corrected chi connectivity index (χ4v) is 5.20. The molecule has 3 aromatic rings. The summed E-state index contributed by atoms with van der Waals surface area (Å²) >= 11 is 0. The lowest BCUT2D eigenvalue weighted by Crippen LogP contribution is -2.19. The molecule has 3 aromatic carbocycles. The van der Waals surface area contributed by atoms with Crippen LogP contribution in [0.5, 0.6) is 0 Å². The van der Waals surface area contributed by atoms with E-state index in [1.165, 1.54) is 18.2 Å². The Bertz CT molecular complexity index is 1430. The first-order chi connectivity index (χ1) is 15.4. The number of hydrogen-bond donors (Lipinski definition) is 3. The molecule has 1 amide bonds. The van der Waals surface area contributed by atoms with Crippen LogP contribution in [0.2, 0.25) is 0 Å². The first kappa shape index (κ1) is 24.3. The number of nitrogens with one attached hydrogen (secondary N) is 3. The summed E-state index contributed by atoms with van der Waals surface area (Å²) in [5, 5.41) is 2.69. The second kappa shape index (κ2) is 9.24. The van der Waals surface area contributed by atoms with Gasteiger partial charge < -0.3 is 5.32 Å². The monoisotopic (exact) mass is 487 g/mol. The third kappa shape index (κ3) is 6.11. The molecule has 0 saturated carbocycles. The summed E-state index contributed by atoms with van der Waals surface area (Å²) in [4.78, 5) is 13.1. The number of benzene rings is 3. The number of para-hydroxylation sites is 1. The van der Waals surface area contributed by atoms with Crippen LogP contribution in [-0.4, -0.2) is 29.0 Å². The average molecular weight is 488 g/mol. The molecule has 0 radical (unpaired) electrons. The highest BCUT2D eigenvalue weighted by Gasteiger charge is 2.21. The Labute approximate surface area is 194 Å². The molecule has 174 valence electrons. The van der Waals surface area contributed by atoms with Gasteiger partial charge in [-0.2, -0.15) is 0 Å². The van der Waals surface area contributed by atoms with Crippen molar-refractivity contribution in [3.8, 4) is 0 Å². The Kier molecular flexibility index (Phi) is 6.80. The number of amides is 1. The molecule has 8 nitrogen and oxygen atoms in total. The maximum Gasteiger partial charge on any atom is 0.262 e. The summed E-state index contributed by atoms with van der Waals surface area (Å²) in [6, 6.07) is 16.2. The summed E-state index contributed by atoms with van der Waals surface area (Å²) < 4.78 is 54.1. The fraction of sp³-hybridized carbons (Fsp3) is 0.174. The van der Waals surface area contributed by atoms with E-state index < -0.39 is 26.0 Å². The zero-order valence-electron chi connectivity index (χ0n) is 18.6. The van der Waals surface area contributed by atoms with Gasteiger partial charge in [-0.15, -0.1) is 0 Å². The lowest BCUT2D eigenvalue weighted by Gasteiger charge is -2.15. The highest BCUT2D eigenvalue weighted by molar-refractivity contribution is 7.92. The Balaban J connectivity index is 1.90. The van der Waals surface area contributed by atoms with Crippen molar-refractivity contribution in [1.29, 1.82) is 0 Å². The summed E-state index contributed by atoms with van der Waals surface area (Å²) in [5.74, 6) is -0.552. The van der Waals surface area contributed by atoms with E-state index in [1.807, 2.05) is 6.07 Å². The number of carbonyl (C=O) groups excluding carboxylic acids is 1. The van der Waals surface area contributed by atoms with Crippen molar-refractivity contribution in [1.82, 2.24) is 0 Å². The first-order valence-electron chi connectivity index (χ1n) is 9.94. The smallest absolute Gasteiger partial charge is 0.262 e. The van der Waals surface area contributed by atoms with Crippen molar-refractivity contribution in [3.63, 3.8) is 0 Å². The highest BCUT2D eigenvalue weighted by atomic mass is 32.2. The van der Waals surface area contributed by atoms with E-state index in [1.54, 1.807) is 57.2 Å². The molecule has 0 saturated heterocycles. The molecule has 0 aromatic heterocycles. The van der Waals surface area contributed by atoms with Gasteiger partial charge in [0.2, 0.25) is 10.0 Å². The van der Waals surface area contributed by atoms with Gasteiger partial charge in [-0.25, -0.2) is 16.8 Å². The van der Waals surface area contributed by atoms with E-state index in [0.717, 1.165) is 11.8 Å². The Morgan fingerprint density at radius 3 is 2.12 bits per heavy atom. The van der Waals surface area contributed by atoms with Gasteiger partial charge >= 0.3 is 0 Å². The van der Waals surface area contributed by atoms with Gasteiger partial charge in [0.15, 0.2) is 0 Å². The molecule has 0 fully saturated rings. The summed E-state index contributed by atoms with van der Waals surface area (Å²) in [6.07, 6.45) is 1.04. The average Bonchev–Trinajstić information content (AvgIpc) is 2.71. The van der Waals surface area contributed by atoms with Crippen LogP contribution in [0, 0.1) is 20.8 Å². The van der Waals surface area contributed by atoms with Crippen LogP contribution >= 0.6 is 0 Å². The Morgan fingerprint density at radius 2 is 1.42 bits per heavy atom. The third-order valence-electron chi connectivity index (χ3n) is 4.84. The summed E-state index contributed by atoms with van der Waals surface area (Å²) in [6.45, 7) is 5.23. The number of anilines is 3. The maximum absolute atomic E-state index is 13.0. The van der Waals surface area contributed by atoms with Crippen molar-refractivity contribution >= 4 is 43.0 Å². The predicted molar refractivity (Wildman–Crippen MR) is 131 cm³/mol. The molecule has 3 rings (SSSR count). The van der Waals surface area contributed by atoms with Gasteiger partial charge in [-0.3, -0.25) is 14.2 Å².